The van der Waals surface area contributed by atoms with E-state index in [1.54, 1.807) is 0 Å². The molecular formula is C23H45NO6. The number of ether oxygens (including phenoxy) is 4. The molecule has 7 heteroatoms. The van der Waals surface area contributed by atoms with E-state index in [0.29, 0.717) is 26.3 Å². The number of rotatable bonds is 20. The van der Waals surface area contributed by atoms with E-state index in [2.05, 4.69) is 13.8 Å². The van der Waals surface area contributed by atoms with E-state index in [-0.39, 0.29) is 13.2 Å². The van der Waals surface area contributed by atoms with E-state index in [9.17, 15) is 9.59 Å². The van der Waals surface area contributed by atoms with Crippen LogP contribution in [0.2, 0.25) is 0 Å². The number of likely N-dealkylation sites (N-methyl/N-ethyl adjacent to an activating group) is 1. The van der Waals surface area contributed by atoms with Gasteiger partial charge in [-0.1, -0.05) is 78.1 Å². The molecule has 0 aliphatic rings. The number of unbranched alkanes of at least 4 members (excludes halogenated alkanes) is 10. The predicted molar refractivity (Wildman–Crippen MR) is 119 cm³/mol. The van der Waals surface area contributed by atoms with Crippen LogP contribution in [-0.2, 0) is 18.9 Å². The molecule has 0 fully saturated rings. The third-order valence-corrected chi connectivity index (χ3v) is 4.82. The molecule has 178 valence electrons. The third-order valence-electron chi connectivity index (χ3n) is 4.82. The van der Waals surface area contributed by atoms with Gasteiger partial charge >= 0.3 is 12.3 Å². The fourth-order valence-corrected chi connectivity index (χ4v) is 2.84. The average Bonchev–Trinajstić information content (AvgIpc) is 2.72. The summed E-state index contributed by atoms with van der Waals surface area (Å²) in [5, 5.41) is 0. The standard InChI is InChI=1S/C23H45NO6/c1-4-6-8-10-12-14-18-27-22(25)29-20-16-24(3)17-21-30-23(26)28-19-15-13-11-9-7-5-2/h4-21H2,1-3H3. The Morgan fingerprint density at radius 2 is 0.867 bits per heavy atom. The van der Waals surface area contributed by atoms with Gasteiger partial charge in [0.1, 0.15) is 13.2 Å². The Kier molecular flexibility index (Phi) is 21.1. The first-order valence-corrected chi connectivity index (χ1v) is 11.9. The molecule has 0 spiro atoms. The zero-order chi connectivity index (χ0) is 22.3. The smallest absolute Gasteiger partial charge is 0.434 e. The maximum absolute atomic E-state index is 11.5. The number of carbonyl (C=O) groups is 2. The molecule has 0 bridgehead atoms. The number of hydrogen-bond donors (Lipinski definition) is 0. The molecule has 0 saturated heterocycles. The minimum atomic E-state index is -0.619. The van der Waals surface area contributed by atoms with Gasteiger partial charge < -0.3 is 18.9 Å². The van der Waals surface area contributed by atoms with Gasteiger partial charge in [0.2, 0.25) is 0 Å². The highest BCUT2D eigenvalue weighted by Crippen LogP contribution is 2.06. The molecule has 0 atom stereocenters. The van der Waals surface area contributed by atoms with Crippen molar-refractivity contribution in [2.24, 2.45) is 0 Å². The molecule has 0 heterocycles. The van der Waals surface area contributed by atoms with Gasteiger partial charge in [-0.05, 0) is 19.9 Å². The van der Waals surface area contributed by atoms with Crippen molar-refractivity contribution in [2.45, 2.75) is 90.9 Å². The van der Waals surface area contributed by atoms with Crippen LogP contribution in [0.3, 0.4) is 0 Å². The largest absolute Gasteiger partial charge is 0.508 e. The molecule has 0 saturated carbocycles. The molecule has 0 aromatic heterocycles. The maximum atomic E-state index is 11.5. The van der Waals surface area contributed by atoms with Crippen LogP contribution in [-0.4, -0.2) is 63.8 Å². The summed E-state index contributed by atoms with van der Waals surface area (Å²) in [5.74, 6) is 0. The molecule has 0 aromatic rings. The predicted octanol–water partition coefficient (Wildman–Crippen LogP) is 5.95. The molecule has 0 aliphatic carbocycles. The highest BCUT2D eigenvalue weighted by Gasteiger charge is 2.07. The Bertz CT molecular complexity index is 369. The lowest BCUT2D eigenvalue weighted by Crippen LogP contribution is -2.28. The van der Waals surface area contributed by atoms with Crippen molar-refractivity contribution in [3.63, 3.8) is 0 Å². The van der Waals surface area contributed by atoms with Gasteiger partial charge in [0.05, 0.1) is 13.2 Å². The minimum absolute atomic E-state index is 0.244. The fourth-order valence-electron chi connectivity index (χ4n) is 2.84. The van der Waals surface area contributed by atoms with Crippen molar-refractivity contribution in [1.82, 2.24) is 4.90 Å². The first-order chi connectivity index (χ1) is 14.6. The number of carbonyl (C=O) groups excluding carboxylic acids is 2. The average molecular weight is 432 g/mol. The number of nitrogens with zero attached hydrogens (tertiary/aromatic N) is 1. The first-order valence-electron chi connectivity index (χ1n) is 11.9. The molecule has 0 aromatic carbocycles. The van der Waals surface area contributed by atoms with Gasteiger partial charge in [-0.3, -0.25) is 4.90 Å². The van der Waals surface area contributed by atoms with E-state index >= 15 is 0 Å². The van der Waals surface area contributed by atoms with Crippen molar-refractivity contribution in [2.75, 3.05) is 46.6 Å². The molecule has 0 unspecified atom stereocenters. The van der Waals surface area contributed by atoms with Crippen LogP contribution in [0, 0.1) is 0 Å². The summed E-state index contributed by atoms with van der Waals surface area (Å²) in [7, 11) is 1.87. The second-order valence-electron chi connectivity index (χ2n) is 7.73. The molecule has 0 aliphatic heterocycles. The minimum Gasteiger partial charge on any atom is -0.434 e. The Hall–Kier alpha value is -1.50. The van der Waals surface area contributed by atoms with Crippen LogP contribution >= 0.6 is 0 Å². The van der Waals surface area contributed by atoms with Gasteiger partial charge in [0.15, 0.2) is 0 Å². The maximum Gasteiger partial charge on any atom is 0.508 e. The van der Waals surface area contributed by atoms with Crippen LogP contribution in [0.15, 0.2) is 0 Å². The summed E-state index contributed by atoms with van der Waals surface area (Å²) in [6.45, 7) is 6.78. The van der Waals surface area contributed by atoms with Gasteiger partial charge in [-0.25, -0.2) is 9.59 Å². The Morgan fingerprint density at radius 3 is 1.27 bits per heavy atom. The molecule has 0 amide bonds. The second kappa shape index (κ2) is 22.2. The van der Waals surface area contributed by atoms with Crippen LogP contribution in [0.5, 0.6) is 0 Å². The van der Waals surface area contributed by atoms with Crippen LogP contribution < -0.4 is 0 Å². The molecule has 0 radical (unpaired) electrons. The van der Waals surface area contributed by atoms with Crippen molar-refractivity contribution in [1.29, 1.82) is 0 Å². The summed E-state index contributed by atoms with van der Waals surface area (Å²) in [5.41, 5.74) is 0. The summed E-state index contributed by atoms with van der Waals surface area (Å²) in [6, 6.07) is 0. The monoisotopic (exact) mass is 431 g/mol. The lowest BCUT2D eigenvalue weighted by atomic mass is 10.1. The van der Waals surface area contributed by atoms with Gasteiger partial charge in [0, 0.05) is 13.1 Å². The van der Waals surface area contributed by atoms with Crippen LogP contribution in [0.1, 0.15) is 90.9 Å². The van der Waals surface area contributed by atoms with E-state index < -0.39 is 12.3 Å². The zero-order valence-corrected chi connectivity index (χ0v) is 19.6. The number of hydrogen-bond acceptors (Lipinski definition) is 7. The van der Waals surface area contributed by atoms with Crippen LogP contribution in [0.25, 0.3) is 0 Å². The molecule has 7 nitrogen and oxygen atoms in total. The van der Waals surface area contributed by atoms with Crippen molar-refractivity contribution in [3.05, 3.63) is 0 Å². The lowest BCUT2D eigenvalue weighted by molar-refractivity contribution is 0.0397. The molecule has 0 N–H and O–H groups in total. The normalized spacial score (nSPS) is 10.8. The van der Waals surface area contributed by atoms with E-state index in [1.165, 1.54) is 51.4 Å². The summed E-state index contributed by atoms with van der Waals surface area (Å²) >= 11 is 0. The Morgan fingerprint density at radius 1 is 0.533 bits per heavy atom. The van der Waals surface area contributed by atoms with Gasteiger partial charge in [-0.15, -0.1) is 0 Å². The van der Waals surface area contributed by atoms with E-state index in [4.69, 9.17) is 18.9 Å². The topological polar surface area (TPSA) is 74.3 Å². The summed E-state index contributed by atoms with van der Waals surface area (Å²) in [6.07, 6.45) is 12.5. The molecule has 0 rings (SSSR count). The zero-order valence-electron chi connectivity index (χ0n) is 19.6. The van der Waals surface area contributed by atoms with Crippen LogP contribution in [0.4, 0.5) is 9.59 Å². The quantitative estimate of drug-likeness (QED) is 0.174. The SMILES string of the molecule is CCCCCCCCOC(=O)OCCN(C)CCOC(=O)OCCCCCCCC. The first kappa shape index (κ1) is 28.5. The highest BCUT2D eigenvalue weighted by atomic mass is 16.7. The van der Waals surface area contributed by atoms with Crippen molar-refractivity contribution < 1.29 is 28.5 Å². The Labute approximate surface area is 183 Å². The van der Waals surface area contributed by atoms with E-state index in [1.807, 2.05) is 11.9 Å². The molecule has 30 heavy (non-hydrogen) atoms. The summed E-state index contributed by atoms with van der Waals surface area (Å²) < 4.78 is 20.2. The van der Waals surface area contributed by atoms with Gasteiger partial charge in [-0.2, -0.15) is 0 Å². The molecular weight excluding hydrogens is 386 g/mol. The van der Waals surface area contributed by atoms with Crippen molar-refractivity contribution in [3.8, 4) is 0 Å². The fraction of sp³-hybridized carbons (Fsp3) is 0.913. The Balaban J connectivity index is 3.44. The third kappa shape index (κ3) is 21.2. The highest BCUT2D eigenvalue weighted by molar-refractivity contribution is 5.60. The van der Waals surface area contributed by atoms with E-state index in [0.717, 1.165) is 25.7 Å². The van der Waals surface area contributed by atoms with Gasteiger partial charge in [0.25, 0.3) is 0 Å². The summed E-state index contributed by atoms with van der Waals surface area (Å²) in [4.78, 5) is 24.9. The van der Waals surface area contributed by atoms with Crippen molar-refractivity contribution >= 4 is 12.3 Å². The lowest BCUT2D eigenvalue weighted by Gasteiger charge is -2.16. The second-order valence-corrected chi connectivity index (χ2v) is 7.73.